The van der Waals surface area contributed by atoms with Crippen LogP contribution in [0.1, 0.15) is 52.6 Å². The van der Waals surface area contributed by atoms with Gasteiger partial charge in [0.25, 0.3) is 11.8 Å². The summed E-state index contributed by atoms with van der Waals surface area (Å²) in [6.45, 7) is 2.36. The van der Waals surface area contributed by atoms with Crippen molar-refractivity contribution in [3.63, 3.8) is 0 Å². The van der Waals surface area contributed by atoms with Crippen LogP contribution in [-0.2, 0) is 11.3 Å². The van der Waals surface area contributed by atoms with Gasteiger partial charge >= 0.3 is 0 Å². The average Bonchev–Trinajstić information content (AvgIpc) is 2.80. The first-order valence-electron chi connectivity index (χ1n) is 11.0. The number of benzene rings is 1. The number of hydrogen-bond acceptors (Lipinski definition) is 6. The number of nitrogens with zero attached hydrogens (tertiary/aromatic N) is 3. The molecular weight excluding hydrogens is 450 g/mol. The van der Waals surface area contributed by atoms with Gasteiger partial charge in [0.05, 0.1) is 12.6 Å². The number of fused-ring (bicyclic) bond motifs is 3. The number of carbonyl (C=O) groups is 2. The second-order valence-corrected chi connectivity index (χ2v) is 8.49. The molecule has 0 aliphatic carbocycles. The number of aromatic hydroxyl groups is 1. The largest absolute Gasteiger partial charge is 0.502 e. The predicted molar refractivity (Wildman–Crippen MR) is 118 cm³/mol. The molecule has 0 unspecified atom stereocenters. The molecule has 9 nitrogen and oxygen atoms in total. The van der Waals surface area contributed by atoms with E-state index in [1.165, 1.54) is 24.0 Å². The fourth-order valence-electron chi connectivity index (χ4n) is 4.59. The molecule has 34 heavy (non-hydrogen) atoms. The minimum absolute atomic E-state index is 0.0334. The first-order valence-corrected chi connectivity index (χ1v) is 11.0. The van der Waals surface area contributed by atoms with Crippen molar-refractivity contribution in [2.45, 2.75) is 44.9 Å². The van der Waals surface area contributed by atoms with Crippen LogP contribution in [0.4, 0.5) is 8.78 Å². The van der Waals surface area contributed by atoms with Gasteiger partial charge in [-0.1, -0.05) is 6.07 Å². The number of amides is 2. The summed E-state index contributed by atoms with van der Waals surface area (Å²) in [6.07, 6.45) is 3.31. The highest BCUT2D eigenvalue weighted by molar-refractivity contribution is 5.99. The molecule has 2 atom stereocenters. The molecule has 182 valence electrons. The number of pyridine rings is 1. The molecule has 2 N–H and O–H groups in total. The lowest BCUT2D eigenvalue weighted by Gasteiger charge is -2.50. The zero-order valence-electron chi connectivity index (χ0n) is 18.9. The Bertz CT molecular complexity index is 1180. The summed E-state index contributed by atoms with van der Waals surface area (Å²) in [5.74, 6) is -3.79. The van der Waals surface area contributed by atoms with Crippen molar-refractivity contribution < 1.29 is 28.2 Å². The smallest absolute Gasteiger partial charge is 0.278 e. The zero-order valence-corrected chi connectivity index (χ0v) is 18.9. The van der Waals surface area contributed by atoms with Gasteiger partial charge in [-0.2, -0.15) is 0 Å². The van der Waals surface area contributed by atoms with Crippen LogP contribution in [0.2, 0.25) is 0 Å². The lowest BCUT2D eigenvalue weighted by molar-refractivity contribution is 0.0245. The summed E-state index contributed by atoms with van der Waals surface area (Å²) >= 11 is 0. The number of halogens is 2. The molecule has 0 bridgehead atoms. The van der Waals surface area contributed by atoms with Crippen LogP contribution in [0.3, 0.4) is 0 Å². The van der Waals surface area contributed by atoms with Crippen molar-refractivity contribution in [3.8, 4) is 5.75 Å². The molecule has 3 heterocycles. The molecule has 1 aromatic heterocycles. The van der Waals surface area contributed by atoms with Gasteiger partial charge in [-0.25, -0.2) is 8.78 Å². The standard InChI is InChI=1S/C23H26F2N4O5/c1-13(12-34-2)29-18-5-3-4-8-27(18)28-11-16(20(30)21(31)19(28)23(29)33)22(32)26-10-14-6-7-15(24)9-17(14)25/h6-7,9,11,13,18,31H,3-5,8,10,12H2,1-2H3,(H,26,32)/t13-,18+/m0/s1. The number of rotatable bonds is 6. The maximum atomic E-state index is 13.9. The fourth-order valence-corrected chi connectivity index (χ4v) is 4.59. The highest BCUT2D eigenvalue weighted by Crippen LogP contribution is 2.31. The number of piperidine rings is 1. The van der Waals surface area contributed by atoms with Gasteiger partial charge in [-0.15, -0.1) is 0 Å². The van der Waals surface area contributed by atoms with Crippen molar-refractivity contribution in [2.75, 3.05) is 25.3 Å². The molecule has 2 aliphatic rings. The molecule has 2 aliphatic heterocycles. The van der Waals surface area contributed by atoms with E-state index in [0.717, 1.165) is 18.9 Å². The Morgan fingerprint density at radius 1 is 1.29 bits per heavy atom. The number of carbonyl (C=O) groups excluding carboxylic acids is 2. The van der Waals surface area contributed by atoms with E-state index >= 15 is 0 Å². The molecular formula is C23H26F2N4O5. The van der Waals surface area contributed by atoms with Crippen molar-refractivity contribution in [2.24, 2.45) is 0 Å². The van der Waals surface area contributed by atoms with Crippen LogP contribution in [0, 0.1) is 11.6 Å². The van der Waals surface area contributed by atoms with Crippen LogP contribution in [0.25, 0.3) is 0 Å². The van der Waals surface area contributed by atoms with Gasteiger partial charge in [-0.3, -0.25) is 24.1 Å². The number of nitrogens with one attached hydrogen (secondary N) is 1. The first-order chi connectivity index (χ1) is 16.2. The third-order valence-corrected chi connectivity index (χ3v) is 6.22. The van der Waals surface area contributed by atoms with Gasteiger partial charge in [-0.05, 0) is 32.3 Å². The topological polar surface area (TPSA) is 104 Å². The van der Waals surface area contributed by atoms with Crippen LogP contribution in [0.5, 0.6) is 5.75 Å². The lowest BCUT2D eigenvalue weighted by atomic mass is 10.0. The van der Waals surface area contributed by atoms with Crippen molar-refractivity contribution in [1.29, 1.82) is 0 Å². The van der Waals surface area contributed by atoms with Crippen molar-refractivity contribution in [1.82, 2.24) is 14.9 Å². The Kier molecular flexibility index (Phi) is 6.56. The molecule has 4 rings (SSSR count). The predicted octanol–water partition coefficient (Wildman–Crippen LogP) is 1.70. The van der Waals surface area contributed by atoms with E-state index < -0.39 is 34.6 Å². The summed E-state index contributed by atoms with van der Waals surface area (Å²) in [7, 11) is 1.53. The lowest BCUT2D eigenvalue weighted by Crippen LogP contribution is -2.65. The van der Waals surface area contributed by atoms with Crippen molar-refractivity contribution in [3.05, 3.63) is 63.1 Å². The van der Waals surface area contributed by atoms with Gasteiger partial charge in [0.1, 0.15) is 23.4 Å². The Morgan fingerprint density at radius 3 is 2.76 bits per heavy atom. The number of aromatic nitrogens is 1. The van der Waals surface area contributed by atoms with E-state index in [2.05, 4.69) is 5.32 Å². The molecule has 2 amide bonds. The van der Waals surface area contributed by atoms with E-state index in [1.54, 1.807) is 4.90 Å². The average molecular weight is 476 g/mol. The maximum absolute atomic E-state index is 13.9. The third-order valence-electron chi connectivity index (χ3n) is 6.22. The molecule has 0 radical (unpaired) electrons. The van der Waals surface area contributed by atoms with E-state index in [9.17, 15) is 28.3 Å². The fraction of sp³-hybridized carbons (Fsp3) is 0.435. The Labute approximate surface area is 194 Å². The molecule has 2 aromatic rings. The molecule has 0 saturated carbocycles. The van der Waals surface area contributed by atoms with Crippen LogP contribution in [-0.4, -0.2) is 59.0 Å². The van der Waals surface area contributed by atoms with E-state index in [1.807, 2.05) is 11.9 Å². The third kappa shape index (κ3) is 4.11. The van der Waals surface area contributed by atoms with E-state index in [-0.39, 0.29) is 42.2 Å². The molecule has 1 aromatic carbocycles. The Balaban J connectivity index is 1.69. The molecule has 11 heteroatoms. The monoisotopic (exact) mass is 476 g/mol. The number of methoxy groups -OCH3 is 1. The quantitative estimate of drug-likeness (QED) is 0.658. The van der Waals surface area contributed by atoms with Crippen LogP contribution >= 0.6 is 0 Å². The van der Waals surface area contributed by atoms with E-state index in [4.69, 9.17) is 4.74 Å². The number of ether oxygens (including phenoxy) is 1. The summed E-state index contributed by atoms with van der Waals surface area (Å²) in [4.78, 5) is 40.6. The Hall–Kier alpha value is -3.47. The summed E-state index contributed by atoms with van der Waals surface area (Å²) < 4.78 is 33.6. The highest BCUT2D eigenvalue weighted by atomic mass is 19.1. The van der Waals surface area contributed by atoms with E-state index in [0.29, 0.717) is 19.0 Å². The maximum Gasteiger partial charge on any atom is 0.278 e. The molecule has 1 fully saturated rings. The number of hydrogen-bond donors (Lipinski definition) is 2. The minimum atomic E-state index is -1.01. The summed E-state index contributed by atoms with van der Waals surface area (Å²) in [5.41, 5.74) is -1.58. The van der Waals surface area contributed by atoms with Crippen molar-refractivity contribution >= 4 is 11.8 Å². The van der Waals surface area contributed by atoms with Gasteiger partial charge in [0.2, 0.25) is 5.43 Å². The summed E-state index contributed by atoms with van der Waals surface area (Å²) in [5, 5.41) is 15.0. The normalized spacial score (nSPS) is 18.4. The molecule has 0 spiro atoms. The SMILES string of the molecule is COC[C@H](C)N1C(=O)c2c(O)c(=O)c(C(=O)NCc3ccc(F)cc3F)cn2N2CCCC[C@@H]12. The zero-order chi connectivity index (χ0) is 24.6. The van der Waals surface area contributed by atoms with Crippen LogP contribution in [0.15, 0.2) is 29.2 Å². The van der Waals surface area contributed by atoms with Gasteiger partial charge in [0.15, 0.2) is 11.4 Å². The van der Waals surface area contributed by atoms with Gasteiger partial charge < -0.3 is 20.1 Å². The van der Waals surface area contributed by atoms with Gasteiger partial charge in [0, 0.05) is 38.0 Å². The van der Waals surface area contributed by atoms with Crippen LogP contribution < -0.4 is 15.8 Å². The summed E-state index contributed by atoms with van der Waals surface area (Å²) in [6, 6.07) is 2.64. The first kappa shape index (κ1) is 23.7. The highest BCUT2D eigenvalue weighted by Gasteiger charge is 2.43. The second-order valence-electron chi connectivity index (χ2n) is 8.49. The minimum Gasteiger partial charge on any atom is -0.502 e. The molecule has 1 saturated heterocycles. The second kappa shape index (κ2) is 9.41. The Morgan fingerprint density at radius 2 is 2.06 bits per heavy atom.